The average molecular weight is 284 g/mol. The van der Waals surface area contributed by atoms with Crippen LogP contribution < -0.4 is 5.73 Å². The molecule has 0 spiro atoms. The number of nitrogen functional groups attached to an aromatic ring is 1. The number of hydrogen-bond donors (Lipinski definition) is 2. The van der Waals surface area contributed by atoms with Gasteiger partial charge in [-0.3, -0.25) is 0 Å². The van der Waals surface area contributed by atoms with Crippen LogP contribution >= 0.6 is 0 Å². The fraction of sp³-hybridized carbons (Fsp3) is 0.538. The van der Waals surface area contributed by atoms with Gasteiger partial charge in [-0.05, 0) is 43.0 Å². The SMILES string of the molecule is Cc1cc(N)ccc1S(=O)(=O)N1CCC(O)C(C)C1. The van der Waals surface area contributed by atoms with Crippen molar-refractivity contribution in [2.45, 2.75) is 31.3 Å². The molecule has 19 heavy (non-hydrogen) atoms. The lowest BCUT2D eigenvalue weighted by Gasteiger charge is -2.33. The van der Waals surface area contributed by atoms with Crippen LogP contribution in [0.1, 0.15) is 18.9 Å². The van der Waals surface area contributed by atoms with E-state index in [1.54, 1.807) is 25.1 Å². The summed E-state index contributed by atoms with van der Waals surface area (Å²) >= 11 is 0. The fourth-order valence-corrected chi connectivity index (χ4v) is 4.18. The van der Waals surface area contributed by atoms with Crippen LogP contribution in [0.2, 0.25) is 0 Å². The minimum Gasteiger partial charge on any atom is -0.399 e. The van der Waals surface area contributed by atoms with Gasteiger partial charge in [0.15, 0.2) is 0 Å². The van der Waals surface area contributed by atoms with Crippen LogP contribution in [-0.4, -0.2) is 37.0 Å². The van der Waals surface area contributed by atoms with E-state index < -0.39 is 16.1 Å². The second-order valence-electron chi connectivity index (χ2n) is 5.22. The minimum atomic E-state index is -3.50. The lowest BCUT2D eigenvalue weighted by atomic mass is 9.99. The summed E-state index contributed by atoms with van der Waals surface area (Å²) in [5, 5.41) is 9.68. The zero-order valence-corrected chi connectivity index (χ0v) is 12.0. The van der Waals surface area contributed by atoms with Gasteiger partial charge in [0.25, 0.3) is 0 Å². The van der Waals surface area contributed by atoms with Crippen LogP contribution in [0.5, 0.6) is 0 Å². The lowest BCUT2D eigenvalue weighted by Crippen LogP contribution is -2.45. The number of anilines is 1. The van der Waals surface area contributed by atoms with Crippen molar-refractivity contribution in [2.24, 2.45) is 5.92 Å². The van der Waals surface area contributed by atoms with E-state index in [2.05, 4.69) is 0 Å². The van der Waals surface area contributed by atoms with Crippen LogP contribution in [0.25, 0.3) is 0 Å². The van der Waals surface area contributed by atoms with E-state index in [0.29, 0.717) is 35.7 Å². The Morgan fingerprint density at radius 3 is 2.68 bits per heavy atom. The van der Waals surface area contributed by atoms with Gasteiger partial charge in [-0.1, -0.05) is 6.92 Å². The molecule has 0 bridgehead atoms. The second-order valence-corrected chi connectivity index (χ2v) is 7.13. The summed E-state index contributed by atoms with van der Waals surface area (Å²) in [4.78, 5) is 0.297. The first-order valence-electron chi connectivity index (χ1n) is 6.36. The molecule has 106 valence electrons. The molecule has 2 rings (SSSR count). The first-order valence-corrected chi connectivity index (χ1v) is 7.80. The summed E-state index contributed by atoms with van der Waals surface area (Å²) < 4.78 is 26.6. The van der Waals surface area contributed by atoms with Gasteiger partial charge in [0, 0.05) is 18.8 Å². The molecule has 5 nitrogen and oxygen atoms in total. The maximum absolute atomic E-state index is 12.6. The summed E-state index contributed by atoms with van der Waals surface area (Å²) in [7, 11) is -3.50. The molecule has 1 aliphatic heterocycles. The fourth-order valence-electron chi connectivity index (χ4n) is 2.41. The van der Waals surface area contributed by atoms with E-state index in [-0.39, 0.29) is 5.92 Å². The molecule has 0 radical (unpaired) electrons. The number of nitrogens with two attached hydrogens (primary N) is 1. The highest BCUT2D eigenvalue weighted by molar-refractivity contribution is 7.89. The highest BCUT2D eigenvalue weighted by Gasteiger charge is 2.33. The van der Waals surface area contributed by atoms with Crippen molar-refractivity contribution < 1.29 is 13.5 Å². The summed E-state index contributed by atoms with van der Waals surface area (Å²) in [6.07, 6.45) is 0.0629. The molecule has 0 saturated carbocycles. The number of rotatable bonds is 2. The maximum atomic E-state index is 12.6. The summed E-state index contributed by atoms with van der Waals surface area (Å²) in [5.41, 5.74) is 6.85. The largest absolute Gasteiger partial charge is 0.399 e. The molecular formula is C13H20N2O3S. The molecular weight excluding hydrogens is 264 g/mol. The number of piperidine rings is 1. The molecule has 1 fully saturated rings. The van der Waals surface area contributed by atoms with Crippen LogP contribution in [0.15, 0.2) is 23.1 Å². The van der Waals surface area contributed by atoms with E-state index in [4.69, 9.17) is 5.73 Å². The third-order valence-electron chi connectivity index (χ3n) is 3.64. The van der Waals surface area contributed by atoms with Gasteiger partial charge < -0.3 is 10.8 Å². The average Bonchev–Trinajstić information content (AvgIpc) is 2.32. The standard InChI is InChI=1S/C13H20N2O3S/c1-9-7-11(14)3-4-13(9)19(17,18)15-6-5-12(16)10(2)8-15/h3-4,7,10,12,16H,5-6,8,14H2,1-2H3. The monoisotopic (exact) mass is 284 g/mol. The quantitative estimate of drug-likeness (QED) is 0.793. The molecule has 0 aliphatic carbocycles. The first-order chi connectivity index (χ1) is 8.82. The Morgan fingerprint density at radius 2 is 2.11 bits per heavy atom. The van der Waals surface area contributed by atoms with Crippen molar-refractivity contribution in [2.75, 3.05) is 18.8 Å². The van der Waals surface area contributed by atoms with Crippen molar-refractivity contribution in [3.8, 4) is 0 Å². The Kier molecular flexibility index (Phi) is 3.85. The maximum Gasteiger partial charge on any atom is 0.243 e. The van der Waals surface area contributed by atoms with Crippen molar-refractivity contribution in [3.05, 3.63) is 23.8 Å². The molecule has 0 amide bonds. The number of aryl methyl sites for hydroxylation is 1. The third-order valence-corrected chi connectivity index (χ3v) is 5.66. The summed E-state index contributed by atoms with van der Waals surface area (Å²) in [6.45, 7) is 4.32. The van der Waals surface area contributed by atoms with E-state index in [1.807, 2.05) is 6.92 Å². The summed E-state index contributed by atoms with van der Waals surface area (Å²) in [6, 6.07) is 4.81. The van der Waals surface area contributed by atoms with Crippen LogP contribution in [0.3, 0.4) is 0 Å². The molecule has 1 aliphatic rings. The molecule has 1 saturated heterocycles. The van der Waals surface area contributed by atoms with Gasteiger partial charge in [0.2, 0.25) is 10.0 Å². The smallest absolute Gasteiger partial charge is 0.243 e. The normalized spacial score (nSPS) is 25.4. The molecule has 6 heteroatoms. The van der Waals surface area contributed by atoms with Crippen molar-refractivity contribution in [3.63, 3.8) is 0 Å². The number of benzene rings is 1. The van der Waals surface area contributed by atoms with Crippen LogP contribution in [0.4, 0.5) is 5.69 Å². The Hall–Kier alpha value is -1.11. The van der Waals surface area contributed by atoms with E-state index in [9.17, 15) is 13.5 Å². The zero-order valence-electron chi connectivity index (χ0n) is 11.2. The van der Waals surface area contributed by atoms with Gasteiger partial charge in [-0.2, -0.15) is 4.31 Å². The van der Waals surface area contributed by atoms with Crippen molar-refractivity contribution in [1.29, 1.82) is 0 Å². The van der Waals surface area contributed by atoms with Crippen molar-refractivity contribution >= 4 is 15.7 Å². The molecule has 3 N–H and O–H groups in total. The van der Waals surface area contributed by atoms with E-state index in [1.165, 1.54) is 4.31 Å². The Morgan fingerprint density at radius 1 is 1.42 bits per heavy atom. The predicted octanol–water partition coefficient (Wildman–Crippen LogP) is 0.969. The molecule has 0 aromatic heterocycles. The highest BCUT2D eigenvalue weighted by Crippen LogP contribution is 2.26. The number of nitrogens with zero attached hydrogens (tertiary/aromatic N) is 1. The van der Waals surface area contributed by atoms with E-state index in [0.717, 1.165) is 0 Å². The van der Waals surface area contributed by atoms with Gasteiger partial charge in [-0.25, -0.2) is 8.42 Å². The molecule has 2 atom stereocenters. The Bertz CT molecular complexity index is 571. The van der Waals surface area contributed by atoms with Crippen molar-refractivity contribution in [1.82, 2.24) is 4.31 Å². The van der Waals surface area contributed by atoms with Gasteiger partial charge in [0.1, 0.15) is 0 Å². The van der Waals surface area contributed by atoms with E-state index >= 15 is 0 Å². The number of aliphatic hydroxyl groups is 1. The van der Waals surface area contributed by atoms with Gasteiger partial charge >= 0.3 is 0 Å². The minimum absolute atomic E-state index is 0.0439. The molecule has 1 aromatic carbocycles. The number of hydrogen-bond acceptors (Lipinski definition) is 4. The van der Waals surface area contributed by atoms with Crippen LogP contribution in [-0.2, 0) is 10.0 Å². The number of sulfonamides is 1. The molecule has 2 unspecified atom stereocenters. The Balaban J connectivity index is 2.32. The van der Waals surface area contributed by atoms with Crippen LogP contribution in [0, 0.1) is 12.8 Å². The lowest BCUT2D eigenvalue weighted by molar-refractivity contribution is 0.0628. The first kappa shape index (κ1) is 14.3. The summed E-state index contributed by atoms with van der Waals surface area (Å²) in [5.74, 6) is -0.0439. The topological polar surface area (TPSA) is 83.6 Å². The zero-order chi connectivity index (χ0) is 14.2. The Labute approximate surface area is 114 Å². The van der Waals surface area contributed by atoms with Gasteiger partial charge in [0.05, 0.1) is 11.0 Å². The predicted molar refractivity (Wildman–Crippen MR) is 74.1 cm³/mol. The molecule has 1 aromatic rings. The van der Waals surface area contributed by atoms with Gasteiger partial charge in [-0.15, -0.1) is 0 Å². The third kappa shape index (κ3) is 2.75. The highest BCUT2D eigenvalue weighted by atomic mass is 32.2. The number of aliphatic hydroxyl groups excluding tert-OH is 1. The second kappa shape index (κ2) is 5.11. The molecule has 1 heterocycles.